The Labute approximate surface area is 120 Å². The zero-order chi connectivity index (χ0) is 13.8. The van der Waals surface area contributed by atoms with E-state index >= 15 is 0 Å². The molecule has 0 N–H and O–H groups in total. The van der Waals surface area contributed by atoms with Crippen molar-refractivity contribution in [1.82, 2.24) is 9.88 Å². The van der Waals surface area contributed by atoms with Crippen LogP contribution in [0.1, 0.15) is 30.0 Å². The Balaban J connectivity index is 1.78. The number of hydrogen-bond acceptors (Lipinski definition) is 3. The zero-order valence-electron chi connectivity index (χ0n) is 11.8. The van der Waals surface area contributed by atoms with Gasteiger partial charge < -0.3 is 4.74 Å². The molecule has 0 spiro atoms. The minimum atomic E-state index is 0.491. The lowest BCUT2D eigenvalue weighted by Crippen LogP contribution is -2.22. The number of hydrogen-bond donors (Lipinski definition) is 0. The molecule has 1 aromatic heterocycles. The monoisotopic (exact) mass is 268 g/mol. The quantitative estimate of drug-likeness (QED) is 0.849. The van der Waals surface area contributed by atoms with E-state index in [1.165, 1.54) is 24.0 Å². The Morgan fingerprint density at radius 2 is 2.25 bits per heavy atom. The predicted octanol–water partition coefficient (Wildman–Crippen LogP) is 3.43. The van der Waals surface area contributed by atoms with Crippen LogP contribution < -0.4 is 4.74 Å². The van der Waals surface area contributed by atoms with Crippen LogP contribution in [0.3, 0.4) is 0 Å². The summed E-state index contributed by atoms with van der Waals surface area (Å²) in [5.41, 5.74) is 2.63. The van der Waals surface area contributed by atoms with E-state index in [9.17, 15) is 0 Å². The number of methoxy groups -OCH3 is 1. The summed E-state index contributed by atoms with van der Waals surface area (Å²) in [6.07, 6.45) is 6.25. The second-order valence-electron chi connectivity index (χ2n) is 5.27. The summed E-state index contributed by atoms with van der Waals surface area (Å²) in [5, 5.41) is 0. The van der Waals surface area contributed by atoms with E-state index < -0.39 is 0 Å². The summed E-state index contributed by atoms with van der Waals surface area (Å²) in [6.45, 7) is 2.12. The van der Waals surface area contributed by atoms with E-state index in [4.69, 9.17) is 4.74 Å². The van der Waals surface area contributed by atoms with Crippen LogP contribution >= 0.6 is 0 Å². The fraction of sp³-hybridized carbons (Fsp3) is 0.353. The maximum Gasteiger partial charge on any atom is 0.119 e. The second-order valence-corrected chi connectivity index (χ2v) is 5.27. The third-order valence-electron chi connectivity index (χ3n) is 3.95. The molecular formula is C17H20N2O. The van der Waals surface area contributed by atoms with Gasteiger partial charge in [0.05, 0.1) is 7.11 Å². The maximum absolute atomic E-state index is 5.34. The molecule has 2 aromatic rings. The molecule has 0 aliphatic carbocycles. The van der Waals surface area contributed by atoms with Gasteiger partial charge in [0.1, 0.15) is 5.75 Å². The van der Waals surface area contributed by atoms with Gasteiger partial charge in [-0.05, 0) is 48.7 Å². The van der Waals surface area contributed by atoms with E-state index in [0.717, 1.165) is 18.8 Å². The van der Waals surface area contributed by atoms with E-state index in [2.05, 4.69) is 34.1 Å². The SMILES string of the molecule is COc1cccc([C@H]2CCCN2Cc2cccnc2)c1. The topological polar surface area (TPSA) is 25.4 Å². The summed E-state index contributed by atoms with van der Waals surface area (Å²) >= 11 is 0. The largest absolute Gasteiger partial charge is 0.497 e. The minimum absolute atomic E-state index is 0.491. The highest BCUT2D eigenvalue weighted by atomic mass is 16.5. The van der Waals surface area contributed by atoms with Crippen LogP contribution in [0.2, 0.25) is 0 Å². The first kappa shape index (κ1) is 13.1. The lowest BCUT2D eigenvalue weighted by molar-refractivity contribution is 0.248. The van der Waals surface area contributed by atoms with Crippen molar-refractivity contribution in [3.63, 3.8) is 0 Å². The van der Waals surface area contributed by atoms with Crippen molar-refractivity contribution in [2.45, 2.75) is 25.4 Å². The molecule has 0 unspecified atom stereocenters. The molecule has 20 heavy (non-hydrogen) atoms. The number of nitrogens with zero attached hydrogens (tertiary/aromatic N) is 2. The third-order valence-corrected chi connectivity index (χ3v) is 3.95. The van der Waals surface area contributed by atoms with Gasteiger partial charge in [0.25, 0.3) is 0 Å². The lowest BCUT2D eigenvalue weighted by Gasteiger charge is -2.25. The Morgan fingerprint density at radius 3 is 3.05 bits per heavy atom. The molecule has 2 heterocycles. The van der Waals surface area contributed by atoms with Crippen molar-refractivity contribution in [3.05, 3.63) is 59.9 Å². The molecule has 1 aromatic carbocycles. The second kappa shape index (κ2) is 6.06. The van der Waals surface area contributed by atoms with Gasteiger partial charge in [-0.15, -0.1) is 0 Å². The van der Waals surface area contributed by atoms with Crippen LogP contribution in [0.25, 0.3) is 0 Å². The molecule has 0 radical (unpaired) electrons. The minimum Gasteiger partial charge on any atom is -0.497 e. The van der Waals surface area contributed by atoms with E-state index in [-0.39, 0.29) is 0 Å². The number of rotatable bonds is 4. The zero-order valence-corrected chi connectivity index (χ0v) is 11.8. The molecule has 0 amide bonds. The Kier molecular flexibility index (Phi) is 3.97. The van der Waals surface area contributed by atoms with Crippen molar-refractivity contribution < 1.29 is 4.74 Å². The van der Waals surface area contributed by atoms with Gasteiger partial charge in [-0.2, -0.15) is 0 Å². The van der Waals surface area contributed by atoms with Gasteiger partial charge in [-0.1, -0.05) is 18.2 Å². The van der Waals surface area contributed by atoms with Crippen molar-refractivity contribution in [3.8, 4) is 5.75 Å². The fourth-order valence-corrected chi connectivity index (χ4v) is 2.97. The number of likely N-dealkylation sites (tertiary alicyclic amines) is 1. The molecule has 0 bridgehead atoms. The normalized spacial score (nSPS) is 19.1. The summed E-state index contributed by atoms with van der Waals surface area (Å²) in [5.74, 6) is 0.940. The summed E-state index contributed by atoms with van der Waals surface area (Å²) in [7, 11) is 1.72. The van der Waals surface area contributed by atoms with Crippen LogP contribution in [0.5, 0.6) is 5.75 Å². The van der Waals surface area contributed by atoms with Gasteiger partial charge in [0.2, 0.25) is 0 Å². The first-order valence-corrected chi connectivity index (χ1v) is 7.14. The van der Waals surface area contributed by atoms with Crippen molar-refractivity contribution >= 4 is 0 Å². The number of ether oxygens (including phenoxy) is 1. The first-order valence-electron chi connectivity index (χ1n) is 7.14. The highest BCUT2D eigenvalue weighted by Gasteiger charge is 2.26. The highest BCUT2D eigenvalue weighted by Crippen LogP contribution is 2.34. The van der Waals surface area contributed by atoms with Gasteiger partial charge in [-0.3, -0.25) is 9.88 Å². The predicted molar refractivity (Wildman–Crippen MR) is 79.6 cm³/mol. The molecular weight excluding hydrogens is 248 g/mol. The van der Waals surface area contributed by atoms with E-state index in [1.807, 2.05) is 24.5 Å². The van der Waals surface area contributed by atoms with Crippen LogP contribution in [0.4, 0.5) is 0 Å². The molecule has 1 fully saturated rings. The smallest absolute Gasteiger partial charge is 0.119 e. The van der Waals surface area contributed by atoms with Crippen molar-refractivity contribution in [2.75, 3.05) is 13.7 Å². The van der Waals surface area contributed by atoms with Crippen LogP contribution in [-0.2, 0) is 6.54 Å². The molecule has 1 aliphatic heterocycles. The number of benzene rings is 1. The van der Waals surface area contributed by atoms with Gasteiger partial charge >= 0.3 is 0 Å². The van der Waals surface area contributed by atoms with Crippen LogP contribution in [0.15, 0.2) is 48.8 Å². The fourth-order valence-electron chi connectivity index (χ4n) is 2.97. The average Bonchev–Trinajstić information content (AvgIpc) is 2.96. The Hall–Kier alpha value is -1.87. The Bertz CT molecular complexity index is 556. The van der Waals surface area contributed by atoms with Gasteiger partial charge in [-0.25, -0.2) is 0 Å². The molecule has 104 valence electrons. The number of pyridine rings is 1. The van der Waals surface area contributed by atoms with Crippen LogP contribution in [-0.4, -0.2) is 23.5 Å². The molecule has 3 rings (SSSR count). The summed E-state index contributed by atoms with van der Waals surface area (Å²) in [4.78, 5) is 6.74. The molecule has 1 aliphatic rings. The third kappa shape index (κ3) is 2.83. The maximum atomic E-state index is 5.34. The average molecular weight is 268 g/mol. The Morgan fingerprint density at radius 1 is 1.30 bits per heavy atom. The molecule has 3 nitrogen and oxygen atoms in total. The number of aromatic nitrogens is 1. The van der Waals surface area contributed by atoms with Crippen molar-refractivity contribution in [1.29, 1.82) is 0 Å². The van der Waals surface area contributed by atoms with E-state index in [1.54, 1.807) is 7.11 Å². The first-order chi connectivity index (χ1) is 9.86. The van der Waals surface area contributed by atoms with Crippen LogP contribution in [0, 0.1) is 0 Å². The van der Waals surface area contributed by atoms with Gasteiger partial charge in [0, 0.05) is 25.0 Å². The van der Waals surface area contributed by atoms with Gasteiger partial charge in [0.15, 0.2) is 0 Å². The highest BCUT2D eigenvalue weighted by molar-refractivity contribution is 5.31. The van der Waals surface area contributed by atoms with Crippen molar-refractivity contribution in [2.24, 2.45) is 0 Å². The summed E-state index contributed by atoms with van der Waals surface area (Å²) < 4.78 is 5.34. The lowest BCUT2D eigenvalue weighted by atomic mass is 10.0. The molecule has 3 heteroatoms. The molecule has 1 atom stereocenters. The molecule has 0 saturated carbocycles. The molecule has 1 saturated heterocycles. The summed E-state index contributed by atoms with van der Waals surface area (Å²) in [6, 6.07) is 13.1. The standard InChI is InChI=1S/C17H20N2O/c1-20-16-7-2-6-15(11-16)17-8-4-10-19(17)13-14-5-3-9-18-12-14/h2-3,5-7,9,11-12,17H,4,8,10,13H2,1H3/t17-/m1/s1. The van der Waals surface area contributed by atoms with E-state index in [0.29, 0.717) is 6.04 Å².